The van der Waals surface area contributed by atoms with Gasteiger partial charge in [0.1, 0.15) is 11.3 Å². The lowest BCUT2D eigenvalue weighted by Crippen LogP contribution is -2.32. The van der Waals surface area contributed by atoms with Gasteiger partial charge in [-0.05, 0) is 31.4 Å². The van der Waals surface area contributed by atoms with Crippen molar-refractivity contribution in [1.82, 2.24) is 15.5 Å². The van der Waals surface area contributed by atoms with E-state index in [1.54, 1.807) is 12.3 Å². The van der Waals surface area contributed by atoms with Crippen molar-refractivity contribution < 1.29 is 9.50 Å². The Hall–Kier alpha value is -1.46. The number of aliphatic hydroxyl groups excluding tert-OH is 1. The second-order valence-corrected chi connectivity index (χ2v) is 5.25. The van der Waals surface area contributed by atoms with E-state index in [1.807, 2.05) is 0 Å². The maximum Gasteiger partial charge on any atom is 0.148 e. The van der Waals surface area contributed by atoms with Gasteiger partial charge in [0.05, 0.1) is 12.3 Å². The van der Waals surface area contributed by atoms with E-state index < -0.39 is 6.10 Å². The molecule has 1 fully saturated rings. The van der Waals surface area contributed by atoms with E-state index in [-0.39, 0.29) is 11.4 Å². The number of aromatic nitrogens is 2. The highest BCUT2D eigenvalue weighted by molar-refractivity contribution is 5.82. The van der Waals surface area contributed by atoms with Crippen LogP contribution in [-0.2, 0) is 0 Å². The first-order chi connectivity index (χ1) is 8.59. The molecule has 0 radical (unpaired) electrons. The lowest BCUT2D eigenvalue weighted by molar-refractivity contribution is 0.170. The first-order valence-corrected chi connectivity index (χ1v) is 6.14. The Labute approximate surface area is 104 Å². The minimum absolute atomic E-state index is 0.177. The zero-order chi connectivity index (χ0) is 12.8. The van der Waals surface area contributed by atoms with Crippen LogP contribution in [0.1, 0.15) is 31.4 Å². The number of fused-ring (bicyclic) bond motifs is 1. The van der Waals surface area contributed by atoms with E-state index in [0.29, 0.717) is 23.0 Å². The minimum Gasteiger partial charge on any atom is -0.387 e. The molecule has 5 heteroatoms. The number of aliphatic hydroxyl groups is 1. The summed E-state index contributed by atoms with van der Waals surface area (Å²) < 4.78 is 13.5. The molecule has 1 aliphatic carbocycles. The van der Waals surface area contributed by atoms with E-state index in [2.05, 4.69) is 22.4 Å². The van der Waals surface area contributed by atoms with Crippen molar-refractivity contribution in [3.8, 4) is 0 Å². The standard InChI is InChI=1S/C13H16FN3O/c1-13(4-5-13)15-7-11(18)8-2-3-10(14)12-9(8)6-16-17-12/h2-3,6,11,15,18H,4-5,7H2,1H3,(H,16,17)/t11-/m0/s1. The minimum atomic E-state index is -0.650. The SMILES string of the molecule is CC1(NC[C@H](O)c2ccc(F)c3[nH]ncc23)CC1. The molecule has 0 bridgehead atoms. The van der Waals surface area contributed by atoms with Gasteiger partial charge in [-0.2, -0.15) is 5.10 Å². The van der Waals surface area contributed by atoms with Crippen LogP contribution in [-0.4, -0.2) is 27.4 Å². The normalized spacial score (nSPS) is 19.1. The largest absolute Gasteiger partial charge is 0.387 e. The molecule has 0 spiro atoms. The molecule has 2 aromatic rings. The van der Waals surface area contributed by atoms with Gasteiger partial charge in [0.2, 0.25) is 0 Å². The number of halogens is 1. The fraction of sp³-hybridized carbons (Fsp3) is 0.462. The maximum absolute atomic E-state index is 13.5. The summed E-state index contributed by atoms with van der Waals surface area (Å²) in [6.07, 6.45) is 3.19. The van der Waals surface area contributed by atoms with Crippen LogP contribution in [0.4, 0.5) is 4.39 Å². The van der Waals surface area contributed by atoms with E-state index in [9.17, 15) is 9.50 Å². The number of nitrogens with one attached hydrogen (secondary N) is 2. The Morgan fingerprint density at radius 2 is 2.33 bits per heavy atom. The summed E-state index contributed by atoms with van der Waals surface area (Å²) in [7, 11) is 0. The van der Waals surface area contributed by atoms with Gasteiger partial charge in [-0.25, -0.2) is 4.39 Å². The fourth-order valence-electron chi connectivity index (χ4n) is 2.13. The lowest BCUT2D eigenvalue weighted by Gasteiger charge is -2.17. The second kappa shape index (κ2) is 4.03. The molecule has 1 aromatic heterocycles. The summed E-state index contributed by atoms with van der Waals surface area (Å²) in [5.41, 5.74) is 1.23. The van der Waals surface area contributed by atoms with Crippen LogP contribution in [0.25, 0.3) is 10.9 Å². The summed E-state index contributed by atoms with van der Waals surface area (Å²) in [4.78, 5) is 0. The number of hydrogen-bond acceptors (Lipinski definition) is 3. The molecule has 0 unspecified atom stereocenters. The highest BCUT2D eigenvalue weighted by Gasteiger charge is 2.37. The average molecular weight is 249 g/mol. The van der Waals surface area contributed by atoms with E-state index in [0.717, 1.165) is 12.8 Å². The van der Waals surface area contributed by atoms with Crippen molar-refractivity contribution in [2.45, 2.75) is 31.4 Å². The van der Waals surface area contributed by atoms with Crippen molar-refractivity contribution in [3.05, 3.63) is 29.7 Å². The van der Waals surface area contributed by atoms with Crippen LogP contribution in [0.15, 0.2) is 18.3 Å². The molecule has 3 N–H and O–H groups in total. The first-order valence-electron chi connectivity index (χ1n) is 6.14. The number of benzene rings is 1. The highest BCUT2D eigenvalue weighted by atomic mass is 19.1. The molecule has 1 aliphatic rings. The smallest absolute Gasteiger partial charge is 0.148 e. The zero-order valence-corrected chi connectivity index (χ0v) is 10.2. The molecule has 0 amide bonds. The number of H-pyrrole nitrogens is 1. The van der Waals surface area contributed by atoms with Crippen molar-refractivity contribution >= 4 is 10.9 Å². The van der Waals surface area contributed by atoms with Crippen molar-refractivity contribution in [2.24, 2.45) is 0 Å². The summed E-state index contributed by atoms with van der Waals surface area (Å²) in [6, 6.07) is 2.98. The van der Waals surface area contributed by atoms with Crippen LogP contribution < -0.4 is 5.32 Å². The molecule has 3 rings (SSSR count). The predicted molar refractivity (Wildman–Crippen MR) is 66.7 cm³/mol. The second-order valence-electron chi connectivity index (χ2n) is 5.25. The Kier molecular flexibility index (Phi) is 2.60. The van der Waals surface area contributed by atoms with Gasteiger partial charge in [0.25, 0.3) is 0 Å². The number of β-amino-alcohol motifs (C(OH)–C–C–N with tert-alkyl or cyclic N) is 1. The summed E-state index contributed by atoms with van der Waals surface area (Å²) in [6.45, 7) is 2.61. The van der Waals surface area contributed by atoms with Gasteiger partial charge in [0, 0.05) is 17.5 Å². The average Bonchev–Trinajstić information content (AvgIpc) is 2.90. The monoisotopic (exact) mass is 249 g/mol. The summed E-state index contributed by atoms with van der Waals surface area (Å²) >= 11 is 0. The molecule has 18 heavy (non-hydrogen) atoms. The van der Waals surface area contributed by atoms with Gasteiger partial charge in [0.15, 0.2) is 0 Å². The third kappa shape index (κ3) is 2.00. The van der Waals surface area contributed by atoms with Crippen LogP contribution in [0.3, 0.4) is 0 Å². The fourth-order valence-corrected chi connectivity index (χ4v) is 2.13. The molecule has 1 aromatic carbocycles. The number of rotatable bonds is 4. The molecule has 96 valence electrons. The Morgan fingerprint density at radius 3 is 3.06 bits per heavy atom. The molecule has 4 nitrogen and oxygen atoms in total. The van der Waals surface area contributed by atoms with Crippen LogP contribution in [0.5, 0.6) is 0 Å². The number of nitrogens with zero attached hydrogens (tertiary/aromatic N) is 1. The number of hydrogen-bond donors (Lipinski definition) is 3. The van der Waals surface area contributed by atoms with Gasteiger partial charge in [-0.15, -0.1) is 0 Å². The van der Waals surface area contributed by atoms with Gasteiger partial charge in [-0.1, -0.05) is 6.07 Å². The summed E-state index contributed by atoms with van der Waals surface area (Å²) in [5, 5.41) is 20.6. The molecule has 0 aliphatic heterocycles. The first kappa shape index (κ1) is 11.6. The maximum atomic E-state index is 13.5. The van der Waals surface area contributed by atoms with Crippen LogP contribution in [0.2, 0.25) is 0 Å². The van der Waals surface area contributed by atoms with Gasteiger partial charge in [-0.3, -0.25) is 5.10 Å². The Balaban J connectivity index is 1.84. The van der Waals surface area contributed by atoms with Gasteiger partial charge >= 0.3 is 0 Å². The third-order valence-electron chi connectivity index (χ3n) is 3.68. The topological polar surface area (TPSA) is 60.9 Å². The predicted octanol–water partition coefficient (Wildman–Crippen LogP) is 1.88. The van der Waals surface area contributed by atoms with Crippen LogP contribution >= 0.6 is 0 Å². The highest BCUT2D eigenvalue weighted by Crippen LogP contribution is 2.35. The van der Waals surface area contributed by atoms with Crippen LogP contribution in [0, 0.1) is 5.82 Å². The van der Waals surface area contributed by atoms with E-state index in [1.165, 1.54) is 6.07 Å². The molecular weight excluding hydrogens is 233 g/mol. The quantitative estimate of drug-likeness (QED) is 0.775. The van der Waals surface area contributed by atoms with Crippen molar-refractivity contribution in [2.75, 3.05) is 6.54 Å². The van der Waals surface area contributed by atoms with Crippen molar-refractivity contribution in [3.63, 3.8) is 0 Å². The molecule has 1 saturated carbocycles. The van der Waals surface area contributed by atoms with E-state index >= 15 is 0 Å². The Morgan fingerprint density at radius 1 is 1.56 bits per heavy atom. The molecule has 0 saturated heterocycles. The number of aromatic amines is 1. The zero-order valence-electron chi connectivity index (χ0n) is 10.2. The summed E-state index contributed by atoms with van der Waals surface area (Å²) in [5.74, 6) is -0.347. The Bertz CT molecular complexity index is 577. The third-order valence-corrected chi connectivity index (χ3v) is 3.68. The van der Waals surface area contributed by atoms with E-state index in [4.69, 9.17) is 0 Å². The molecule has 1 atom stereocenters. The van der Waals surface area contributed by atoms with Crippen molar-refractivity contribution in [1.29, 1.82) is 0 Å². The molecular formula is C13H16FN3O. The van der Waals surface area contributed by atoms with Gasteiger partial charge < -0.3 is 10.4 Å². The molecule has 1 heterocycles. The lowest BCUT2D eigenvalue weighted by atomic mass is 10.0.